The van der Waals surface area contributed by atoms with E-state index in [0.717, 1.165) is 26.1 Å². The van der Waals surface area contributed by atoms with E-state index in [1.165, 1.54) is 25.7 Å². The molecule has 0 rings (SSSR count). The van der Waals surface area contributed by atoms with Gasteiger partial charge in [0.15, 0.2) is 11.1 Å². The van der Waals surface area contributed by atoms with Crippen LogP contribution in [0.15, 0.2) is 4.99 Å². The molecule has 0 heterocycles. The van der Waals surface area contributed by atoms with Gasteiger partial charge < -0.3 is 16.4 Å². The summed E-state index contributed by atoms with van der Waals surface area (Å²) in [6, 6.07) is 1.05. The maximum absolute atomic E-state index is 5.84. The van der Waals surface area contributed by atoms with E-state index in [2.05, 4.69) is 55.1 Å². The summed E-state index contributed by atoms with van der Waals surface area (Å²) in [7, 11) is 0. The topological polar surface area (TPSA) is 65.7 Å². The second-order valence-corrected chi connectivity index (χ2v) is 6.90. The van der Waals surface area contributed by atoms with Gasteiger partial charge in [-0.25, -0.2) is 0 Å². The molecule has 136 valence electrons. The zero-order valence-corrected chi connectivity index (χ0v) is 16.5. The highest BCUT2D eigenvalue weighted by atomic mass is 32.1. The number of rotatable bonds is 11. The molecule has 0 saturated carbocycles. The minimum absolute atomic E-state index is 0.405. The average Bonchev–Trinajstić information content (AvgIpc) is 2.46. The van der Waals surface area contributed by atoms with E-state index in [4.69, 9.17) is 18.0 Å². The van der Waals surface area contributed by atoms with Crippen LogP contribution < -0.4 is 16.4 Å². The first kappa shape index (κ1) is 22.1. The van der Waals surface area contributed by atoms with Crippen LogP contribution in [0.4, 0.5) is 0 Å². The maximum atomic E-state index is 5.84. The molecule has 5 nitrogen and oxygen atoms in total. The fourth-order valence-corrected chi connectivity index (χ4v) is 2.73. The van der Waals surface area contributed by atoms with Crippen LogP contribution in [0.1, 0.15) is 66.7 Å². The molecule has 0 radical (unpaired) electrons. The predicted molar refractivity (Wildman–Crippen MR) is 106 cm³/mol. The van der Waals surface area contributed by atoms with Gasteiger partial charge in [0.05, 0.1) is 0 Å². The molecule has 0 aliphatic rings. The molecule has 0 amide bonds. The van der Waals surface area contributed by atoms with Crippen molar-refractivity contribution in [2.75, 3.05) is 19.6 Å². The average molecular weight is 344 g/mol. The first-order valence-corrected chi connectivity index (χ1v) is 9.39. The summed E-state index contributed by atoms with van der Waals surface area (Å²) in [5, 5.41) is 6.68. The minimum atomic E-state index is 0.405. The lowest BCUT2D eigenvalue weighted by Crippen LogP contribution is -2.47. The zero-order chi connectivity index (χ0) is 17.7. The van der Waals surface area contributed by atoms with Crippen LogP contribution in [0.5, 0.6) is 0 Å². The first-order chi connectivity index (χ1) is 10.9. The van der Waals surface area contributed by atoms with Crippen molar-refractivity contribution in [1.82, 2.24) is 15.5 Å². The first-order valence-electron chi connectivity index (χ1n) is 8.99. The molecule has 0 aliphatic heterocycles. The molecule has 23 heavy (non-hydrogen) atoms. The quantitative estimate of drug-likeness (QED) is 0.233. The van der Waals surface area contributed by atoms with Crippen LogP contribution in [-0.4, -0.2) is 47.7 Å². The lowest BCUT2D eigenvalue weighted by Gasteiger charge is -2.30. The Morgan fingerprint density at radius 3 is 2.26 bits per heavy atom. The summed E-state index contributed by atoms with van der Waals surface area (Å²) in [6.07, 6.45) is 6.14. The Hall–Kier alpha value is -0.880. The van der Waals surface area contributed by atoms with Gasteiger partial charge in [-0.2, -0.15) is 0 Å². The number of nitrogens with zero attached hydrogens (tertiary/aromatic N) is 2. The second-order valence-electron chi connectivity index (χ2n) is 6.49. The highest BCUT2D eigenvalue weighted by Gasteiger charge is 2.12. The van der Waals surface area contributed by atoms with Crippen molar-refractivity contribution < 1.29 is 0 Å². The molecule has 0 aliphatic carbocycles. The maximum Gasteiger partial charge on any atom is 0.194 e. The molecule has 0 atom stereocenters. The van der Waals surface area contributed by atoms with Crippen molar-refractivity contribution in [3.05, 3.63) is 0 Å². The van der Waals surface area contributed by atoms with Crippen molar-refractivity contribution >= 4 is 23.3 Å². The standard InChI is InChI=1S/C17H37N5S/c1-6-7-8-9-10-11-19-16(18)21-17(23)20-12-13-22(14(2)3)15(4)5/h14-15H,6-13H2,1-5H3,(H4,18,19,20,21,23). The summed E-state index contributed by atoms with van der Waals surface area (Å²) in [4.78, 5) is 6.73. The largest absolute Gasteiger partial charge is 0.370 e. The highest BCUT2D eigenvalue weighted by molar-refractivity contribution is 7.80. The third-order valence-corrected chi connectivity index (χ3v) is 4.01. The van der Waals surface area contributed by atoms with E-state index in [9.17, 15) is 0 Å². The van der Waals surface area contributed by atoms with E-state index in [-0.39, 0.29) is 0 Å². The fraction of sp³-hybridized carbons (Fsp3) is 0.882. The Morgan fingerprint density at radius 1 is 1.09 bits per heavy atom. The van der Waals surface area contributed by atoms with Crippen LogP contribution in [0.25, 0.3) is 0 Å². The summed E-state index contributed by atoms with van der Waals surface area (Å²) >= 11 is 5.25. The molecule has 0 aromatic heterocycles. The summed E-state index contributed by atoms with van der Waals surface area (Å²) in [6.45, 7) is 13.6. The molecule has 0 saturated heterocycles. The molecule has 0 fully saturated rings. The zero-order valence-electron chi connectivity index (χ0n) is 15.7. The predicted octanol–water partition coefficient (Wildman–Crippen LogP) is 2.85. The number of nitrogens with one attached hydrogen (secondary N) is 2. The van der Waals surface area contributed by atoms with Gasteiger partial charge in [-0.15, -0.1) is 0 Å². The monoisotopic (exact) mass is 343 g/mol. The highest BCUT2D eigenvalue weighted by Crippen LogP contribution is 2.03. The molecular weight excluding hydrogens is 306 g/mol. The molecule has 6 heteroatoms. The van der Waals surface area contributed by atoms with Gasteiger partial charge in [0.25, 0.3) is 0 Å². The van der Waals surface area contributed by atoms with Crippen molar-refractivity contribution in [3.63, 3.8) is 0 Å². The smallest absolute Gasteiger partial charge is 0.194 e. The van der Waals surface area contributed by atoms with E-state index in [0.29, 0.717) is 23.2 Å². The van der Waals surface area contributed by atoms with Crippen molar-refractivity contribution in [2.45, 2.75) is 78.8 Å². The van der Waals surface area contributed by atoms with Gasteiger partial charge in [-0.05, 0) is 46.3 Å². The van der Waals surface area contributed by atoms with Crippen LogP contribution >= 0.6 is 12.2 Å². The van der Waals surface area contributed by atoms with Crippen molar-refractivity contribution in [1.29, 1.82) is 0 Å². The lowest BCUT2D eigenvalue weighted by molar-refractivity contribution is 0.178. The molecule has 0 aromatic rings. The van der Waals surface area contributed by atoms with Gasteiger partial charge in [0.2, 0.25) is 0 Å². The Labute approximate surface area is 148 Å². The van der Waals surface area contributed by atoms with Gasteiger partial charge in [0, 0.05) is 31.7 Å². The minimum Gasteiger partial charge on any atom is -0.370 e. The van der Waals surface area contributed by atoms with E-state index in [1.54, 1.807) is 0 Å². The van der Waals surface area contributed by atoms with Crippen LogP contribution in [0, 0.1) is 0 Å². The van der Waals surface area contributed by atoms with Crippen molar-refractivity contribution in [2.24, 2.45) is 10.7 Å². The molecule has 0 spiro atoms. The summed E-state index contributed by atoms with van der Waals surface area (Å²) < 4.78 is 0. The normalized spacial score (nSPS) is 12.3. The van der Waals surface area contributed by atoms with E-state index < -0.39 is 0 Å². The number of guanidine groups is 1. The van der Waals surface area contributed by atoms with Crippen LogP contribution in [0.3, 0.4) is 0 Å². The SMILES string of the molecule is CCCCCCCN=C(N)NC(=S)NCCN(C(C)C)C(C)C. The Balaban J connectivity index is 3.87. The molecule has 0 aromatic carbocycles. The summed E-state index contributed by atoms with van der Waals surface area (Å²) in [5.41, 5.74) is 5.84. The number of thiocarbonyl (C=S) groups is 1. The van der Waals surface area contributed by atoms with E-state index >= 15 is 0 Å². The van der Waals surface area contributed by atoms with Gasteiger partial charge >= 0.3 is 0 Å². The number of hydrogen-bond acceptors (Lipinski definition) is 3. The van der Waals surface area contributed by atoms with Crippen molar-refractivity contribution in [3.8, 4) is 0 Å². The van der Waals surface area contributed by atoms with Gasteiger partial charge in [-0.1, -0.05) is 32.6 Å². The van der Waals surface area contributed by atoms with Crippen LogP contribution in [-0.2, 0) is 0 Å². The molecular formula is C17H37N5S. The Bertz CT molecular complexity index is 334. The van der Waals surface area contributed by atoms with Crippen LogP contribution in [0.2, 0.25) is 0 Å². The third kappa shape index (κ3) is 12.2. The molecule has 0 unspecified atom stereocenters. The fourth-order valence-electron chi connectivity index (χ4n) is 2.53. The lowest BCUT2D eigenvalue weighted by atomic mass is 10.2. The third-order valence-electron chi connectivity index (χ3n) is 3.77. The second kappa shape index (κ2) is 13.5. The Kier molecular flexibility index (Phi) is 13.0. The number of unbranched alkanes of at least 4 members (excludes halogenated alkanes) is 4. The number of hydrogen-bond donors (Lipinski definition) is 3. The van der Waals surface area contributed by atoms with E-state index in [1.807, 2.05) is 0 Å². The molecule has 0 bridgehead atoms. The Morgan fingerprint density at radius 2 is 1.70 bits per heavy atom. The number of aliphatic imine (C=N–C) groups is 1. The molecule has 4 N–H and O–H groups in total. The summed E-state index contributed by atoms with van der Waals surface area (Å²) in [5.74, 6) is 0.405. The number of nitrogens with two attached hydrogens (primary N) is 1. The van der Waals surface area contributed by atoms with Gasteiger partial charge in [0.1, 0.15) is 0 Å². The van der Waals surface area contributed by atoms with Gasteiger partial charge in [-0.3, -0.25) is 9.89 Å².